The van der Waals surface area contributed by atoms with Gasteiger partial charge < -0.3 is 5.32 Å². The van der Waals surface area contributed by atoms with Gasteiger partial charge in [0.2, 0.25) is 10.0 Å². The third-order valence-electron chi connectivity index (χ3n) is 4.09. The molecular formula is C15H24N2O2S. The zero-order valence-electron chi connectivity index (χ0n) is 12.3. The summed E-state index contributed by atoms with van der Waals surface area (Å²) >= 11 is 0. The van der Waals surface area contributed by atoms with Crippen molar-refractivity contribution in [1.82, 2.24) is 9.62 Å². The highest BCUT2D eigenvalue weighted by molar-refractivity contribution is 7.89. The van der Waals surface area contributed by atoms with E-state index in [0.717, 1.165) is 31.4 Å². The molecule has 4 nitrogen and oxygen atoms in total. The van der Waals surface area contributed by atoms with E-state index in [1.165, 1.54) is 0 Å². The lowest BCUT2D eigenvalue weighted by Crippen LogP contribution is -2.38. The second kappa shape index (κ2) is 6.70. The monoisotopic (exact) mass is 296 g/mol. The molecule has 1 aliphatic rings. The number of rotatable bonds is 5. The van der Waals surface area contributed by atoms with Gasteiger partial charge in [-0.2, -0.15) is 4.31 Å². The summed E-state index contributed by atoms with van der Waals surface area (Å²) in [6, 6.07) is 7.19. The number of nitrogens with zero attached hydrogens (tertiary/aromatic N) is 1. The minimum atomic E-state index is -3.31. The van der Waals surface area contributed by atoms with E-state index >= 15 is 0 Å². The van der Waals surface area contributed by atoms with Crippen LogP contribution in [0.1, 0.15) is 31.7 Å². The van der Waals surface area contributed by atoms with Gasteiger partial charge in [0.15, 0.2) is 0 Å². The Morgan fingerprint density at radius 1 is 1.20 bits per heavy atom. The van der Waals surface area contributed by atoms with Crippen LogP contribution in [0.4, 0.5) is 0 Å². The third kappa shape index (κ3) is 3.40. The molecule has 0 bridgehead atoms. The molecule has 1 heterocycles. The lowest BCUT2D eigenvalue weighted by atomic mass is 9.96. The van der Waals surface area contributed by atoms with E-state index in [-0.39, 0.29) is 0 Å². The zero-order valence-corrected chi connectivity index (χ0v) is 13.1. The second-order valence-corrected chi connectivity index (χ2v) is 7.37. The maximum atomic E-state index is 12.6. The SMILES string of the molecule is CCC1CCN(S(=O)(=O)c2ccc(CNC)cc2)CC1. The first-order valence-electron chi connectivity index (χ1n) is 7.31. The van der Waals surface area contributed by atoms with Gasteiger partial charge in [0.25, 0.3) is 0 Å². The van der Waals surface area contributed by atoms with Gasteiger partial charge in [-0.1, -0.05) is 25.5 Å². The lowest BCUT2D eigenvalue weighted by Gasteiger charge is -2.30. The van der Waals surface area contributed by atoms with Crippen LogP contribution < -0.4 is 5.32 Å². The molecule has 1 aromatic rings. The summed E-state index contributed by atoms with van der Waals surface area (Å²) in [5.74, 6) is 0.680. The van der Waals surface area contributed by atoms with E-state index in [2.05, 4.69) is 12.2 Å². The molecule has 0 spiro atoms. The van der Waals surface area contributed by atoms with Crippen molar-refractivity contribution in [2.75, 3.05) is 20.1 Å². The summed E-state index contributed by atoms with van der Waals surface area (Å²) in [5.41, 5.74) is 1.09. The Morgan fingerprint density at radius 2 is 1.80 bits per heavy atom. The van der Waals surface area contributed by atoms with Gasteiger partial charge in [0.1, 0.15) is 0 Å². The number of sulfonamides is 1. The highest BCUT2D eigenvalue weighted by atomic mass is 32.2. The largest absolute Gasteiger partial charge is 0.316 e. The Kier molecular flexibility index (Phi) is 5.18. The highest BCUT2D eigenvalue weighted by Gasteiger charge is 2.28. The molecule has 0 atom stereocenters. The average Bonchev–Trinajstić information content (AvgIpc) is 2.48. The van der Waals surface area contributed by atoms with Crippen LogP contribution in [0.2, 0.25) is 0 Å². The predicted octanol–water partition coefficient (Wildman–Crippen LogP) is 2.22. The summed E-state index contributed by atoms with van der Waals surface area (Å²) in [6.07, 6.45) is 3.10. The standard InChI is InChI=1S/C15H24N2O2S/c1-3-13-8-10-17(11-9-13)20(18,19)15-6-4-14(5-7-15)12-16-2/h4-7,13,16H,3,8-12H2,1-2H3. The number of nitrogens with one attached hydrogen (secondary N) is 1. The van der Waals surface area contributed by atoms with Crippen LogP contribution in [0.5, 0.6) is 0 Å². The Morgan fingerprint density at radius 3 is 2.30 bits per heavy atom. The van der Waals surface area contributed by atoms with Crippen LogP contribution in [-0.2, 0) is 16.6 Å². The van der Waals surface area contributed by atoms with Gasteiger partial charge in [-0.05, 0) is 43.5 Å². The molecule has 0 saturated carbocycles. The molecule has 20 heavy (non-hydrogen) atoms. The molecule has 1 fully saturated rings. The number of hydrogen-bond donors (Lipinski definition) is 1. The number of benzene rings is 1. The first-order chi connectivity index (χ1) is 9.57. The van der Waals surface area contributed by atoms with Crippen molar-refractivity contribution in [1.29, 1.82) is 0 Å². The van der Waals surface area contributed by atoms with Crippen molar-refractivity contribution in [3.05, 3.63) is 29.8 Å². The Hall–Kier alpha value is -0.910. The molecule has 1 aliphatic heterocycles. The Bertz CT molecular complexity index is 517. The fourth-order valence-electron chi connectivity index (χ4n) is 2.69. The van der Waals surface area contributed by atoms with Crippen LogP contribution in [0.15, 0.2) is 29.2 Å². The van der Waals surface area contributed by atoms with Crippen molar-refractivity contribution < 1.29 is 8.42 Å². The molecule has 2 rings (SSSR count). The van der Waals surface area contributed by atoms with Crippen LogP contribution in [0, 0.1) is 5.92 Å². The fraction of sp³-hybridized carbons (Fsp3) is 0.600. The first-order valence-corrected chi connectivity index (χ1v) is 8.75. The predicted molar refractivity (Wildman–Crippen MR) is 81.0 cm³/mol. The average molecular weight is 296 g/mol. The van der Waals surface area contributed by atoms with Crippen molar-refractivity contribution >= 4 is 10.0 Å². The van der Waals surface area contributed by atoms with Gasteiger partial charge in [-0.3, -0.25) is 0 Å². The molecule has 0 radical (unpaired) electrons. The molecule has 0 aromatic heterocycles. The van der Waals surface area contributed by atoms with E-state index in [1.54, 1.807) is 16.4 Å². The van der Waals surface area contributed by atoms with E-state index in [0.29, 0.717) is 23.9 Å². The molecule has 0 unspecified atom stereocenters. The molecular weight excluding hydrogens is 272 g/mol. The molecule has 5 heteroatoms. The lowest BCUT2D eigenvalue weighted by molar-refractivity contribution is 0.269. The maximum Gasteiger partial charge on any atom is 0.243 e. The number of hydrogen-bond acceptors (Lipinski definition) is 3. The fourth-order valence-corrected chi connectivity index (χ4v) is 4.16. The summed E-state index contributed by atoms with van der Waals surface area (Å²) in [6.45, 7) is 4.23. The summed E-state index contributed by atoms with van der Waals surface area (Å²) in [4.78, 5) is 0.410. The van der Waals surface area contributed by atoms with Gasteiger partial charge in [-0.15, -0.1) is 0 Å². The topological polar surface area (TPSA) is 49.4 Å². The zero-order chi connectivity index (χ0) is 14.6. The van der Waals surface area contributed by atoms with Gasteiger partial charge in [0, 0.05) is 19.6 Å². The quantitative estimate of drug-likeness (QED) is 0.906. The van der Waals surface area contributed by atoms with Gasteiger partial charge in [0.05, 0.1) is 4.90 Å². The third-order valence-corrected chi connectivity index (χ3v) is 6.01. The Labute approximate surface area is 122 Å². The van der Waals surface area contributed by atoms with Crippen molar-refractivity contribution in [2.24, 2.45) is 5.92 Å². The molecule has 0 aliphatic carbocycles. The highest BCUT2D eigenvalue weighted by Crippen LogP contribution is 2.25. The van der Waals surface area contributed by atoms with Crippen molar-refractivity contribution in [3.63, 3.8) is 0 Å². The normalized spacial score (nSPS) is 18.3. The summed E-state index contributed by atoms with van der Waals surface area (Å²) in [5, 5.41) is 3.06. The minimum Gasteiger partial charge on any atom is -0.316 e. The molecule has 1 saturated heterocycles. The molecule has 1 aromatic carbocycles. The first kappa shape index (κ1) is 15.5. The van der Waals surface area contributed by atoms with Crippen LogP contribution in [0.3, 0.4) is 0 Å². The van der Waals surface area contributed by atoms with Gasteiger partial charge >= 0.3 is 0 Å². The summed E-state index contributed by atoms with van der Waals surface area (Å²) < 4.78 is 26.8. The van der Waals surface area contributed by atoms with Crippen molar-refractivity contribution in [3.8, 4) is 0 Å². The van der Waals surface area contributed by atoms with E-state index in [4.69, 9.17) is 0 Å². The van der Waals surface area contributed by atoms with Gasteiger partial charge in [-0.25, -0.2) is 8.42 Å². The Balaban J connectivity index is 2.10. The minimum absolute atomic E-state index is 0.410. The van der Waals surface area contributed by atoms with E-state index < -0.39 is 10.0 Å². The van der Waals surface area contributed by atoms with Crippen LogP contribution in [-0.4, -0.2) is 32.9 Å². The molecule has 0 amide bonds. The van der Waals surface area contributed by atoms with Crippen LogP contribution >= 0.6 is 0 Å². The van der Waals surface area contributed by atoms with Crippen molar-refractivity contribution in [2.45, 2.75) is 37.6 Å². The number of piperidine rings is 1. The second-order valence-electron chi connectivity index (χ2n) is 5.43. The summed E-state index contributed by atoms with van der Waals surface area (Å²) in [7, 11) is -1.43. The molecule has 112 valence electrons. The van der Waals surface area contributed by atoms with E-state index in [1.807, 2.05) is 19.2 Å². The van der Waals surface area contributed by atoms with Crippen LogP contribution in [0.25, 0.3) is 0 Å². The van der Waals surface area contributed by atoms with E-state index in [9.17, 15) is 8.42 Å². The smallest absolute Gasteiger partial charge is 0.243 e. The molecule has 1 N–H and O–H groups in total. The maximum absolute atomic E-state index is 12.6.